The van der Waals surface area contributed by atoms with Crippen molar-refractivity contribution in [3.8, 4) is 11.5 Å². The average Bonchev–Trinajstić information content (AvgIpc) is 2.52. The van der Waals surface area contributed by atoms with Crippen molar-refractivity contribution in [2.45, 2.75) is 0 Å². The molecule has 0 atom stereocenters. The molecule has 2 aromatic rings. The molecule has 0 spiro atoms. The molecule has 0 aliphatic carbocycles. The number of amides is 1. The van der Waals surface area contributed by atoms with Crippen molar-refractivity contribution in [3.63, 3.8) is 0 Å². The monoisotopic (exact) mass is 474 g/mol. The Morgan fingerprint density at radius 3 is 2.86 bits per heavy atom. The maximum Gasteiger partial charge on any atom is 0.271 e. The van der Waals surface area contributed by atoms with Crippen molar-refractivity contribution in [2.75, 3.05) is 7.11 Å². The number of benzene rings is 2. The Morgan fingerprint density at radius 2 is 2.18 bits per heavy atom. The van der Waals surface area contributed by atoms with Crippen LogP contribution in [0.4, 0.5) is 0 Å². The van der Waals surface area contributed by atoms with Gasteiger partial charge in [0.25, 0.3) is 5.91 Å². The van der Waals surface area contributed by atoms with Gasteiger partial charge in [-0.25, -0.2) is 5.43 Å². The average molecular weight is 475 g/mol. The summed E-state index contributed by atoms with van der Waals surface area (Å²) in [6, 6.07) is 10.3. The second-order valence-electron chi connectivity index (χ2n) is 4.26. The Balaban J connectivity index is 2.07. The van der Waals surface area contributed by atoms with Crippen LogP contribution in [-0.4, -0.2) is 24.3 Å². The molecule has 0 saturated carbocycles. The predicted octanol–water partition coefficient (Wildman–Crippen LogP) is 3.53. The molecule has 2 N–H and O–H groups in total. The number of hydrogen-bond acceptors (Lipinski definition) is 4. The highest BCUT2D eigenvalue weighted by atomic mass is 127. The number of carbonyl (C=O) groups excluding carboxylic acids is 1. The van der Waals surface area contributed by atoms with E-state index in [4.69, 9.17) is 4.74 Å². The van der Waals surface area contributed by atoms with Gasteiger partial charge < -0.3 is 9.84 Å². The van der Waals surface area contributed by atoms with Gasteiger partial charge in [-0.3, -0.25) is 4.79 Å². The van der Waals surface area contributed by atoms with Gasteiger partial charge >= 0.3 is 0 Å². The van der Waals surface area contributed by atoms with E-state index >= 15 is 0 Å². The van der Waals surface area contributed by atoms with Crippen molar-refractivity contribution in [3.05, 3.63) is 55.6 Å². The summed E-state index contributed by atoms with van der Waals surface area (Å²) in [6.45, 7) is 0. The number of hydrazone groups is 1. The van der Waals surface area contributed by atoms with Gasteiger partial charge in [-0.15, -0.1) is 0 Å². The molecule has 0 aliphatic heterocycles. The predicted molar refractivity (Wildman–Crippen MR) is 96.6 cm³/mol. The van der Waals surface area contributed by atoms with Crippen LogP contribution in [0.15, 0.2) is 46.0 Å². The summed E-state index contributed by atoms with van der Waals surface area (Å²) in [4.78, 5) is 12.0. The summed E-state index contributed by atoms with van der Waals surface area (Å²) in [5, 5.41) is 13.6. The lowest BCUT2D eigenvalue weighted by atomic mass is 10.2. The molecule has 2 rings (SSSR count). The Kier molecular flexibility index (Phi) is 5.78. The SMILES string of the molecule is COc1cccc(C(=O)N/N=C\c2cc(Br)c(O)c(I)c2)c1. The molecule has 5 nitrogen and oxygen atoms in total. The number of methoxy groups -OCH3 is 1. The Labute approximate surface area is 149 Å². The van der Waals surface area contributed by atoms with E-state index in [9.17, 15) is 9.90 Å². The van der Waals surface area contributed by atoms with Crippen LogP contribution in [0.25, 0.3) is 0 Å². The van der Waals surface area contributed by atoms with E-state index in [-0.39, 0.29) is 11.7 Å². The molecule has 114 valence electrons. The number of halogens is 2. The van der Waals surface area contributed by atoms with Gasteiger partial charge in [-0.2, -0.15) is 5.10 Å². The van der Waals surface area contributed by atoms with Crippen LogP contribution in [0.5, 0.6) is 11.5 Å². The lowest BCUT2D eigenvalue weighted by Crippen LogP contribution is -2.17. The number of phenols is 1. The minimum Gasteiger partial charge on any atom is -0.506 e. The van der Waals surface area contributed by atoms with Crippen LogP contribution < -0.4 is 10.2 Å². The van der Waals surface area contributed by atoms with E-state index in [0.29, 0.717) is 19.4 Å². The molecule has 0 saturated heterocycles. The minimum absolute atomic E-state index is 0.179. The van der Waals surface area contributed by atoms with E-state index in [1.165, 1.54) is 6.21 Å². The number of phenolic OH excluding ortho intramolecular Hbond substituents is 1. The molecule has 0 aliphatic rings. The van der Waals surface area contributed by atoms with Gasteiger partial charge in [-0.05, 0) is 74.4 Å². The van der Waals surface area contributed by atoms with E-state index in [0.717, 1.165) is 5.56 Å². The summed E-state index contributed by atoms with van der Waals surface area (Å²) in [6.07, 6.45) is 1.50. The van der Waals surface area contributed by atoms with Gasteiger partial charge in [0.05, 0.1) is 21.4 Å². The summed E-state index contributed by atoms with van der Waals surface area (Å²) in [7, 11) is 1.54. The molecular formula is C15H12BrIN2O3. The molecule has 0 radical (unpaired) electrons. The number of nitrogens with one attached hydrogen (secondary N) is 1. The number of nitrogens with zero attached hydrogens (tertiary/aromatic N) is 1. The maximum atomic E-state index is 12.0. The van der Waals surface area contributed by atoms with Gasteiger partial charge in [0.1, 0.15) is 11.5 Å². The highest BCUT2D eigenvalue weighted by Gasteiger charge is 2.06. The molecule has 1 amide bonds. The van der Waals surface area contributed by atoms with Gasteiger partial charge in [-0.1, -0.05) is 6.07 Å². The number of hydrogen-bond donors (Lipinski definition) is 2. The zero-order chi connectivity index (χ0) is 16.1. The number of aromatic hydroxyl groups is 1. The number of carbonyl (C=O) groups is 1. The lowest BCUT2D eigenvalue weighted by molar-refractivity contribution is 0.0955. The summed E-state index contributed by atoms with van der Waals surface area (Å²) in [5.41, 5.74) is 3.65. The van der Waals surface area contributed by atoms with Crippen LogP contribution in [0, 0.1) is 3.57 Å². The highest BCUT2D eigenvalue weighted by Crippen LogP contribution is 2.29. The second kappa shape index (κ2) is 7.59. The lowest BCUT2D eigenvalue weighted by Gasteiger charge is -2.04. The Bertz CT molecular complexity index is 711. The summed E-state index contributed by atoms with van der Waals surface area (Å²) >= 11 is 5.27. The molecule has 2 aromatic carbocycles. The van der Waals surface area contributed by atoms with Crippen LogP contribution in [-0.2, 0) is 0 Å². The van der Waals surface area contributed by atoms with E-state index in [1.807, 2.05) is 22.6 Å². The highest BCUT2D eigenvalue weighted by molar-refractivity contribution is 14.1. The first-order valence-electron chi connectivity index (χ1n) is 6.16. The molecule has 0 unspecified atom stereocenters. The number of rotatable bonds is 4. The molecule has 22 heavy (non-hydrogen) atoms. The Hall–Kier alpha value is -1.61. The number of ether oxygens (including phenoxy) is 1. The van der Waals surface area contributed by atoms with Gasteiger partial charge in [0.15, 0.2) is 0 Å². The third kappa shape index (κ3) is 4.20. The molecule has 7 heteroatoms. The second-order valence-corrected chi connectivity index (χ2v) is 6.28. The fourth-order valence-corrected chi connectivity index (χ4v) is 3.15. The quantitative estimate of drug-likeness (QED) is 0.404. The van der Waals surface area contributed by atoms with Crippen LogP contribution in [0.3, 0.4) is 0 Å². The first-order valence-corrected chi connectivity index (χ1v) is 8.04. The molecule has 0 bridgehead atoms. The zero-order valence-electron chi connectivity index (χ0n) is 11.5. The van der Waals surface area contributed by atoms with E-state index in [2.05, 4.69) is 26.5 Å². The van der Waals surface area contributed by atoms with Crippen molar-refractivity contribution in [2.24, 2.45) is 5.10 Å². The third-order valence-electron chi connectivity index (χ3n) is 2.75. The van der Waals surface area contributed by atoms with Crippen molar-refractivity contribution >= 4 is 50.6 Å². The maximum absolute atomic E-state index is 12.0. The summed E-state index contributed by atoms with van der Waals surface area (Å²) < 4.78 is 6.33. The summed E-state index contributed by atoms with van der Waals surface area (Å²) in [5.74, 6) is 0.453. The molecule has 0 heterocycles. The molecule has 0 aromatic heterocycles. The molecular weight excluding hydrogens is 463 g/mol. The van der Waals surface area contributed by atoms with Crippen molar-refractivity contribution in [1.82, 2.24) is 5.43 Å². The fourth-order valence-electron chi connectivity index (χ4n) is 1.65. The van der Waals surface area contributed by atoms with Crippen LogP contribution in [0.1, 0.15) is 15.9 Å². The zero-order valence-corrected chi connectivity index (χ0v) is 15.3. The van der Waals surface area contributed by atoms with Crippen molar-refractivity contribution < 1.29 is 14.6 Å². The largest absolute Gasteiger partial charge is 0.506 e. The normalized spacial score (nSPS) is 10.7. The molecule has 0 fully saturated rings. The van der Waals surface area contributed by atoms with Crippen LogP contribution >= 0.6 is 38.5 Å². The Morgan fingerprint density at radius 1 is 1.41 bits per heavy atom. The standard InChI is InChI=1S/C15H12BrIN2O3/c1-22-11-4-2-3-10(7-11)15(21)19-18-8-9-5-12(16)14(20)13(17)6-9/h2-8,20H,1H3,(H,19,21)/b18-8-. The first-order chi connectivity index (χ1) is 10.5. The smallest absolute Gasteiger partial charge is 0.271 e. The van der Waals surface area contributed by atoms with Crippen LogP contribution in [0.2, 0.25) is 0 Å². The van der Waals surface area contributed by atoms with Gasteiger partial charge in [0, 0.05) is 5.56 Å². The topological polar surface area (TPSA) is 70.9 Å². The first kappa shape index (κ1) is 16.8. The van der Waals surface area contributed by atoms with E-state index in [1.54, 1.807) is 43.5 Å². The third-order valence-corrected chi connectivity index (χ3v) is 4.18. The minimum atomic E-state index is -0.331. The van der Waals surface area contributed by atoms with Gasteiger partial charge in [0.2, 0.25) is 0 Å². The fraction of sp³-hybridized carbons (Fsp3) is 0.0667. The van der Waals surface area contributed by atoms with Crippen molar-refractivity contribution in [1.29, 1.82) is 0 Å². The van der Waals surface area contributed by atoms with E-state index < -0.39 is 0 Å².